The van der Waals surface area contributed by atoms with E-state index in [2.05, 4.69) is 10.6 Å². The van der Waals surface area contributed by atoms with Crippen LogP contribution in [0.1, 0.15) is 24.4 Å². The predicted molar refractivity (Wildman–Crippen MR) is 56.3 cm³/mol. The summed E-state index contributed by atoms with van der Waals surface area (Å²) in [4.78, 5) is 11.3. The van der Waals surface area contributed by atoms with Crippen LogP contribution in [-0.2, 0) is 11.3 Å². The van der Waals surface area contributed by atoms with Gasteiger partial charge in [0, 0.05) is 6.04 Å². The molecule has 1 saturated carbocycles. The van der Waals surface area contributed by atoms with E-state index in [0.29, 0.717) is 19.1 Å². The van der Waals surface area contributed by atoms with Crippen LogP contribution in [0.3, 0.4) is 0 Å². The lowest BCUT2D eigenvalue weighted by Gasteiger charge is -2.03. The van der Waals surface area contributed by atoms with Gasteiger partial charge in [0.05, 0.1) is 13.1 Å². The molecule has 1 fully saturated rings. The SMILES string of the molecule is Cc1ccc(CNCC(=O)NC2CC2)o1. The Morgan fingerprint density at radius 1 is 1.53 bits per heavy atom. The van der Waals surface area contributed by atoms with Crippen LogP contribution < -0.4 is 10.6 Å². The number of rotatable bonds is 5. The third kappa shape index (κ3) is 3.40. The molecule has 0 saturated heterocycles. The van der Waals surface area contributed by atoms with Crippen molar-refractivity contribution < 1.29 is 9.21 Å². The molecule has 0 atom stereocenters. The van der Waals surface area contributed by atoms with E-state index in [0.717, 1.165) is 24.4 Å². The fourth-order valence-electron chi connectivity index (χ4n) is 1.39. The largest absolute Gasteiger partial charge is 0.465 e. The monoisotopic (exact) mass is 208 g/mol. The Morgan fingerprint density at radius 2 is 2.33 bits per heavy atom. The molecule has 0 aliphatic heterocycles. The number of amides is 1. The van der Waals surface area contributed by atoms with Crippen LogP contribution in [0.5, 0.6) is 0 Å². The number of carbonyl (C=O) groups excluding carboxylic acids is 1. The molecule has 15 heavy (non-hydrogen) atoms. The first-order chi connectivity index (χ1) is 7.24. The predicted octanol–water partition coefficient (Wildman–Crippen LogP) is 0.956. The maximum Gasteiger partial charge on any atom is 0.234 e. The number of nitrogens with one attached hydrogen (secondary N) is 2. The second kappa shape index (κ2) is 4.49. The molecule has 1 aromatic heterocycles. The van der Waals surface area contributed by atoms with Gasteiger partial charge in [0.25, 0.3) is 0 Å². The molecule has 1 aliphatic rings. The molecule has 1 amide bonds. The lowest BCUT2D eigenvalue weighted by Crippen LogP contribution is -2.34. The van der Waals surface area contributed by atoms with E-state index >= 15 is 0 Å². The Morgan fingerprint density at radius 3 is 2.93 bits per heavy atom. The zero-order valence-corrected chi connectivity index (χ0v) is 8.88. The molecule has 0 spiro atoms. The van der Waals surface area contributed by atoms with E-state index in [1.807, 2.05) is 19.1 Å². The fourth-order valence-corrected chi connectivity index (χ4v) is 1.39. The van der Waals surface area contributed by atoms with Crippen LogP contribution in [-0.4, -0.2) is 18.5 Å². The highest BCUT2D eigenvalue weighted by atomic mass is 16.3. The normalized spacial score (nSPS) is 15.3. The summed E-state index contributed by atoms with van der Waals surface area (Å²) in [6, 6.07) is 4.27. The minimum atomic E-state index is 0.0702. The third-order valence-electron chi connectivity index (χ3n) is 2.32. The Balaban J connectivity index is 1.63. The van der Waals surface area contributed by atoms with Crippen LogP contribution in [0.4, 0.5) is 0 Å². The summed E-state index contributed by atoms with van der Waals surface area (Å²) >= 11 is 0. The van der Waals surface area contributed by atoms with Crippen molar-refractivity contribution in [2.75, 3.05) is 6.54 Å². The molecule has 0 aromatic carbocycles. The molecule has 0 unspecified atom stereocenters. The molecule has 1 heterocycles. The number of aryl methyl sites for hydroxylation is 1. The average molecular weight is 208 g/mol. The summed E-state index contributed by atoms with van der Waals surface area (Å²) in [5.41, 5.74) is 0. The van der Waals surface area contributed by atoms with E-state index in [1.54, 1.807) is 0 Å². The molecule has 2 N–H and O–H groups in total. The van der Waals surface area contributed by atoms with Crippen molar-refractivity contribution in [2.45, 2.75) is 32.4 Å². The van der Waals surface area contributed by atoms with Crippen molar-refractivity contribution in [2.24, 2.45) is 0 Å². The molecule has 1 aromatic rings. The Labute approximate surface area is 89.0 Å². The molecule has 0 radical (unpaired) electrons. The quantitative estimate of drug-likeness (QED) is 0.757. The van der Waals surface area contributed by atoms with Crippen molar-refractivity contribution in [1.82, 2.24) is 10.6 Å². The van der Waals surface area contributed by atoms with Gasteiger partial charge in [0.1, 0.15) is 11.5 Å². The molecule has 82 valence electrons. The zero-order valence-electron chi connectivity index (χ0n) is 8.88. The van der Waals surface area contributed by atoms with Gasteiger partial charge in [0.2, 0.25) is 5.91 Å². The van der Waals surface area contributed by atoms with Gasteiger partial charge in [-0.15, -0.1) is 0 Å². The second-order valence-corrected chi connectivity index (χ2v) is 3.96. The highest BCUT2D eigenvalue weighted by Gasteiger charge is 2.22. The van der Waals surface area contributed by atoms with E-state index in [9.17, 15) is 4.79 Å². The Bertz CT molecular complexity index is 342. The van der Waals surface area contributed by atoms with Crippen LogP contribution in [0.15, 0.2) is 16.5 Å². The third-order valence-corrected chi connectivity index (χ3v) is 2.32. The topological polar surface area (TPSA) is 54.3 Å². The van der Waals surface area contributed by atoms with Gasteiger partial charge in [-0.25, -0.2) is 0 Å². The maximum atomic E-state index is 11.3. The van der Waals surface area contributed by atoms with E-state index in [-0.39, 0.29) is 5.91 Å². The molecule has 1 aliphatic carbocycles. The van der Waals surface area contributed by atoms with Crippen LogP contribution >= 0.6 is 0 Å². The van der Waals surface area contributed by atoms with E-state index in [1.165, 1.54) is 0 Å². The summed E-state index contributed by atoms with van der Waals surface area (Å²) in [5.74, 6) is 1.83. The van der Waals surface area contributed by atoms with Crippen molar-refractivity contribution in [3.05, 3.63) is 23.7 Å². The van der Waals surface area contributed by atoms with E-state index < -0.39 is 0 Å². The lowest BCUT2D eigenvalue weighted by atomic mass is 10.4. The summed E-state index contributed by atoms with van der Waals surface area (Å²) in [6.45, 7) is 2.87. The minimum Gasteiger partial charge on any atom is -0.465 e. The number of carbonyl (C=O) groups is 1. The summed E-state index contributed by atoms with van der Waals surface area (Å²) in [6.07, 6.45) is 2.26. The molecule has 2 rings (SSSR count). The van der Waals surface area contributed by atoms with Crippen molar-refractivity contribution >= 4 is 5.91 Å². The number of furan rings is 1. The molecule has 4 heteroatoms. The lowest BCUT2D eigenvalue weighted by molar-refractivity contribution is -0.120. The highest BCUT2D eigenvalue weighted by molar-refractivity contribution is 5.78. The van der Waals surface area contributed by atoms with Gasteiger partial charge in [-0.1, -0.05) is 0 Å². The van der Waals surface area contributed by atoms with Crippen LogP contribution in [0.25, 0.3) is 0 Å². The van der Waals surface area contributed by atoms with Crippen molar-refractivity contribution in [3.8, 4) is 0 Å². The molecular formula is C11H16N2O2. The first-order valence-electron chi connectivity index (χ1n) is 5.29. The number of hydrogen-bond acceptors (Lipinski definition) is 3. The van der Waals surface area contributed by atoms with Gasteiger partial charge in [-0.2, -0.15) is 0 Å². The van der Waals surface area contributed by atoms with Crippen molar-refractivity contribution in [1.29, 1.82) is 0 Å². The standard InChI is InChI=1S/C11H16N2O2/c1-8-2-5-10(15-8)6-12-7-11(14)13-9-3-4-9/h2,5,9,12H,3-4,6-7H2,1H3,(H,13,14). The van der Waals surface area contributed by atoms with Gasteiger partial charge in [-0.3, -0.25) is 4.79 Å². The fraction of sp³-hybridized carbons (Fsp3) is 0.545. The van der Waals surface area contributed by atoms with Crippen LogP contribution in [0.2, 0.25) is 0 Å². The minimum absolute atomic E-state index is 0.0702. The zero-order chi connectivity index (χ0) is 10.7. The maximum absolute atomic E-state index is 11.3. The Hall–Kier alpha value is -1.29. The Kier molecular flexibility index (Phi) is 3.06. The van der Waals surface area contributed by atoms with Gasteiger partial charge in [-0.05, 0) is 31.9 Å². The summed E-state index contributed by atoms with van der Waals surface area (Å²) in [7, 11) is 0. The van der Waals surface area contributed by atoms with Crippen LogP contribution in [0, 0.1) is 6.92 Å². The highest BCUT2D eigenvalue weighted by Crippen LogP contribution is 2.18. The summed E-state index contributed by atoms with van der Waals surface area (Å²) in [5, 5.41) is 5.96. The molecule has 4 nitrogen and oxygen atoms in total. The average Bonchev–Trinajstić information content (AvgIpc) is 2.89. The molecule has 0 bridgehead atoms. The number of hydrogen-bond donors (Lipinski definition) is 2. The first-order valence-corrected chi connectivity index (χ1v) is 5.29. The van der Waals surface area contributed by atoms with Gasteiger partial charge >= 0.3 is 0 Å². The molecular weight excluding hydrogens is 192 g/mol. The second-order valence-electron chi connectivity index (χ2n) is 3.96. The van der Waals surface area contributed by atoms with Gasteiger partial charge < -0.3 is 15.1 Å². The van der Waals surface area contributed by atoms with Gasteiger partial charge in [0.15, 0.2) is 0 Å². The smallest absolute Gasteiger partial charge is 0.234 e. The van der Waals surface area contributed by atoms with Crippen molar-refractivity contribution in [3.63, 3.8) is 0 Å². The first kappa shape index (κ1) is 10.2. The van der Waals surface area contributed by atoms with E-state index in [4.69, 9.17) is 4.42 Å². The summed E-state index contributed by atoms with van der Waals surface area (Å²) < 4.78 is 5.36.